The van der Waals surface area contributed by atoms with Crippen molar-refractivity contribution >= 4 is 17.3 Å². The maximum Gasteiger partial charge on any atom is 0.303 e. The number of aliphatic carboxylic acids is 1. The van der Waals surface area contributed by atoms with E-state index in [1.54, 1.807) is 11.3 Å². The van der Waals surface area contributed by atoms with Crippen LogP contribution in [0.5, 0.6) is 0 Å². The standard InChI is InChI=1S/C13H19NO2S/c15-13(16)9-11-3-1-6-14(10-11)7-5-12-4-2-8-17-12/h2,4,8,11H,1,3,5-7,9-10H2,(H,15,16). The van der Waals surface area contributed by atoms with Gasteiger partial charge in [0.2, 0.25) is 0 Å². The summed E-state index contributed by atoms with van der Waals surface area (Å²) in [6, 6.07) is 4.26. The van der Waals surface area contributed by atoms with Crippen LogP contribution in [0, 0.1) is 5.92 Å². The number of nitrogens with zero attached hydrogens (tertiary/aromatic N) is 1. The Hall–Kier alpha value is -0.870. The first-order valence-electron chi connectivity index (χ1n) is 6.20. The second kappa shape index (κ2) is 6.17. The molecular weight excluding hydrogens is 234 g/mol. The minimum Gasteiger partial charge on any atom is -0.481 e. The van der Waals surface area contributed by atoms with Gasteiger partial charge in [0.1, 0.15) is 0 Å². The van der Waals surface area contributed by atoms with E-state index < -0.39 is 5.97 Å². The van der Waals surface area contributed by atoms with Crippen LogP contribution in [0.2, 0.25) is 0 Å². The molecule has 0 aromatic carbocycles. The van der Waals surface area contributed by atoms with Gasteiger partial charge in [0, 0.05) is 24.4 Å². The van der Waals surface area contributed by atoms with Crippen LogP contribution in [0.15, 0.2) is 17.5 Å². The second-order valence-electron chi connectivity index (χ2n) is 4.74. The fraction of sp³-hybridized carbons (Fsp3) is 0.615. The van der Waals surface area contributed by atoms with Crippen molar-refractivity contribution in [1.82, 2.24) is 4.90 Å². The van der Waals surface area contributed by atoms with Crippen LogP contribution in [-0.4, -0.2) is 35.6 Å². The molecule has 1 aromatic heterocycles. The van der Waals surface area contributed by atoms with Crippen LogP contribution in [0.25, 0.3) is 0 Å². The van der Waals surface area contributed by atoms with Gasteiger partial charge < -0.3 is 10.0 Å². The predicted octanol–water partition coefficient (Wildman–Crippen LogP) is 2.48. The highest BCUT2D eigenvalue weighted by Gasteiger charge is 2.21. The van der Waals surface area contributed by atoms with Crippen molar-refractivity contribution in [2.45, 2.75) is 25.7 Å². The van der Waals surface area contributed by atoms with Gasteiger partial charge in [-0.1, -0.05) is 6.07 Å². The Morgan fingerprint density at radius 1 is 1.59 bits per heavy atom. The molecule has 1 atom stereocenters. The zero-order valence-corrected chi connectivity index (χ0v) is 10.8. The molecule has 2 heterocycles. The van der Waals surface area contributed by atoms with Crippen molar-refractivity contribution in [3.63, 3.8) is 0 Å². The molecule has 0 radical (unpaired) electrons. The summed E-state index contributed by atoms with van der Waals surface area (Å²) in [4.78, 5) is 14.5. The largest absolute Gasteiger partial charge is 0.481 e. The van der Waals surface area contributed by atoms with Crippen molar-refractivity contribution in [2.24, 2.45) is 5.92 Å². The Balaban J connectivity index is 1.75. The Morgan fingerprint density at radius 3 is 3.18 bits per heavy atom. The third-order valence-corrected chi connectivity index (χ3v) is 4.26. The summed E-state index contributed by atoms with van der Waals surface area (Å²) >= 11 is 1.80. The molecule has 0 bridgehead atoms. The van der Waals surface area contributed by atoms with Gasteiger partial charge in [0.25, 0.3) is 0 Å². The monoisotopic (exact) mass is 253 g/mol. The molecule has 1 aromatic rings. The average Bonchev–Trinajstić information content (AvgIpc) is 2.79. The lowest BCUT2D eigenvalue weighted by Crippen LogP contribution is -2.37. The Morgan fingerprint density at radius 2 is 2.47 bits per heavy atom. The molecular formula is C13H19NO2S. The molecule has 1 aliphatic heterocycles. The summed E-state index contributed by atoms with van der Waals surface area (Å²) in [6.07, 6.45) is 3.64. The number of carbonyl (C=O) groups is 1. The Labute approximate surface area is 106 Å². The SMILES string of the molecule is O=C(O)CC1CCCN(CCc2cccs2)C1. The third-order valence-electron chi connectivity index (χ3n) is 3.32. The van der Waals surface area contributed by atoms with Gasteiger partial charge in [-0.05, 0) is 43.2 Å². The first-order chi connectivity index (χ1) is 8.24. The van der Waals surface area contributed by atoms with E-state index in [0.717, 1.165) is 38.9 Å². The molecule has 2 rings (SSSR count). The molecule has 1 N–H and O–H groups in total. The lowest BCUT2D eigenvalue weighted by atomic mass is 9.95. The smallest absolute Gasteiger partial charge is 0.303 e. The van der Waals surface area contributed by atoms with E-state index in [9.17, 15) is 4.79 Å². The average molecular weight is 253 g/mol. The van der Waals surface area contributed by atoms with Gasteiger partial charge in [-0.15, -0.1) is 11.3 Å². The summed E-state index contributed by atoms with van der Waals surface area (Å²) in [5.74, 6) is -0.306. The van der Waals surface area contributed by atoms with Crippen molar-refractivity contribution < 1.29 is 9.90 Å². The molecule has 17 heavy (non-hydrogen) atoms. The highest BCUT2D eigenvalue weighted by atomic mass is 32.1. The first-order valence-corrected chi connectivity index (χ1v) is 7.08. The van der Waals surface area contributed by atoms with Crippen LogP contribution in [0.3, 0.4) is 0 Å². The van der Waals surface area contributed by atoms with Crippen LogP contribution < -0.4 is 0 Å². The lowest BCUT2D eigenvalue weighted by Gasteiger charge is -2.31. The highest BCUT2D eigenvalue weighted by molar-refractivity contribution is 7.09. The van der Waals surface area contributed by atoms with E-state index >= 15 is 0 Å². The zero-order valence-electron chi connectivity index (χ0n) is 9.97. The molecule has 0 amide bonds. The van der Waals surface area contributed by atoms with Gasteiger partial charge in [0.05, 0.1) is 0 Å². The van der Waals surface area contributed by atoms with Gasteiger partial charge in [-0.25, -0.2) is 0 Å². The van der Waals surface area contributed by atoms with E-state index in [1.165, 1.54) is 4.88 Å². The maximum atomic E-state index is 10.7. The van der Waals surface area contributed by atoms with Gasteiger partial charge in [-0.3, -0.25) is 4.79 Å². The second-order valence-corrected chi connectivity index (χ2v) is 5.77. The summed E-state index contributed by atoms with van der Waals surface area (Å²) < 4.78 is 0. The Bertz CT molecular complexity index is 350. The van der Waals surface area contributed by atoms with Crippen molar-refractivity contribution in [3.05, 3.63) is 22.4 Å². The first kappa shape index (κ1) is 12.6. The quantitative estimate of drug-likeness (QED) is 0.876. The van der Waals surface area contributed by atoms with Crippen LogP contribution in [-0.2, 0) is 11.2 Å². The van der Waals surface area contributed by atoms with Crippen LogP contribution in [0.1, 0.15) is 24.1 Å². The number of thiophene rings is 1. The number of carboxylic acid groups (broad SMARTS) is 1. The minimum atomic E-state index is -0.657. The van der Waals surface area contributed by atoms with Gasteiger partial charge in [0.15, 0.2) is 0 Å². The van der Waals surface area contributed by atoms with E-state index in [1.807, 2.05) is 0 Å². The number of hydrogen-bond acceptors (Lipinski definition) is 3. The van der Waals surface area contributed by atoms with E-state index in [2.05, 4.69) is 22.4 Å². The van der Waals surface area contributed by atoms with Crippen LogP contribution >= 0.6 is 11.3 Å². The number of piperidine rings is 1. The van der Waals surface area contributed by atoms with E-state index in [4.69, 9.17) is 5.11 Å². The van der Waals surface area contributed by atoms with Crippen molar-refractivity contribution in [2.75, 3.05) is 19.6 Å². The molecule has 0 spiro atoms. The van der Waals surface area contributed by atoms with Gasteiger partial charge >= 0.3 is 5.97 Å². The van der Waals surface area contributed by atoms with Crippen molar-refractivity contribution in [3.8, 4) is 0 Å². The molecule has 1 unspecified atom stereocenters. The predicted molar refractivity (Wildman–Crippen MR) is 69.4 cm³/mol. The summed E-state index contributed by atoms with van der Waals surface area (Å²) in [7, 11) is 0. The number of carboxylic acids is 1. The molecule has 0 aliphatic carbocycles. The van der Waals surface area contributed by atoms with E-state index in [0.29, 0.717) is 12.3 Å². The number of likely N-dealkylation sites (tertiary alicyclic amines) is 1. The lowest BCUT2D eigenvalue weighted by molar-refractivity contribution is -0.138. The molecule has 0 saturated carbocycles. The summed E-state index contributed by atoms with van der Waals surface area (Å²) in [6.45, 7) is 3.15. The number of rotatable bonds is 5. The van der Waals surface area contributed by atoms with Crippen LogP contribution in [0.4, 0.5) is 0 Å². The third kappa shape index (κ3) is 4.13. The molecule has 1 aliphatic rings. The maximum absolute atomic E-state index is 10.7. The topological polar surface area (TPSA) is 40.5 Å². The molecule has 1 saturated heterocycles. The summed E-state index contributed by atoms with van der Waals surface area (Å²) in [5.41, 5.74) is 0. The fourth-order valence-corrected chi connectivity index (χ4v) is 3.19. The molecule has 1 fully saturated rings. The Kier molecular flexibility index (Phi) is 4.57. The summed E-state index contributed by atoms with van der Waals surface area (Å²) in [5, 5.41) is 10.9. The van der Waals surface area contributed by atoms with Gasteiger partial charge in [-0.2, -0.15) is 0 Å². The molecule has 94 valence electrons. The zero-order chi connectivity index (χ0) is 12.1. The van der Waals surface area contributed by atoms with E-state index in [-0.39, 0.29) is 0 Å². The normalized spacial score (nSPS) is 21.5. The fourth-order valence-electron chi connectivity index (χ4n) is 2.49. The minimum absolute atomic E-state index is 0.329. The highest BCUT2D eigenvalue weighted by Crippen LogP contribution is 2.20. The molecule has 4 heteroatoms. The number of hydrogen-bond donors (Lipinski definition) is 1. The molecule has 3 nitrogen and oxygen atoms in total. The van der Waals surface area contributed by atoms with Crippen molar-refractivity contribution in [1.29, 1.82) is 0 Å².